The van der Waals surface area contributed by atoms with E-state index in [1.54, 1.807) is 7.11 Å². The van der Waals surface area contributed by atoms with E-state index in [1.807, 2.05) is 18.2 Å². The second kappa shape index (κ2) is 9.95. The molecule has 2 rings (SSSR count). The summed E-state index contributed by atoms with van der Waals surface area (Å²) in [6.45, 7) is 1.53. The fraction of sp³-hybridized carbons (Fsp3) is 0.368. The topological polar surface area (TPSA) is 21.7 Å². The molecule has 0 spiro atoms. The van der Waals surface area contributed by atoms with Crippen LogP contribution in [0.2, 0.25) is 0 Å². The molecule has 0 aliphatic heterocycles. The van der Waals surface area contributed by atoms with E-state index in [9.17, 15) is 0 Å². The first kappa shape index (κ1) is 20.7. The van der Waals surface area contributed by atoms with E-state index in [-0.39, 0.29) is 0 Å². The van der Waals surface area contributed by atoms with Crippen molar-refractivity contribution in [3.05, 3.63) is 54.9 Å². The van der Waals surface area contributed by atoms with Gasteiger partial charge in [-0.3, -0.25) is 0 Å². The van der Waals surface area contributed by atoms with Crippen LogP contribution in [0.15, 0.2) is 43.7 Å². The standard InChI is InChI=1S/C19H22Br3NO2/c1-23(2)8-4-5-13-6-7-18(24-3)14(9-13)12-25-19-16(21)10-15(20)11-17(19)22/h6-7,9-11H,4-5,8,12H2,1-3H3. The minimum absolute atomic E-state index is 0.448. The predicted molar refractivity (Wildman–Crippen MR) is 114 cm³/mol. The van der Waals surface area contributed by atoms with Gasteiger partial charge in [-0.05, 0) is 95.2 Å². The molecule has 0 saturated carbocycles. The fourth-order valence-electron chi connectivity index (χ4n) is 2.52. The van der Waals surface area contributed by atoms with Crippen LogP contribution in [-0.4, -0.2) is 32.6 Å². The molecule has 2 aromatic carbocycles. The Labute approximate surface area is 175 Å². The molecule has 0 N–H and O–H groups in total. The zero-order valence-electron chi connectivity index (χ0n) is 14.6. The van der Waals surface area contributed by atoms with E-state index in [0.717, 1.165) is 49.9 Å². The van der Waals surface area contributed by atoms with Crippen LogP contribution in [0.3, 0.4) is 0 Å². The number of ether oxygens (including phenoxy) is 2. The summed E-state index contributed by atoms with van der Waals surface area (Å²) in [4.78, 5) is 2.20. The molecule has 0 amide bonds. The molecule has 0 radical (unpaired) electrons. The van der Waals surface area contributed by atoms with Crippen LogP contribution in [0.4, 0.5) is 0 Å². The molecule has 0 unspecified atom stereocenters. The SMILES string of the molecule is COc1ccc(CCCN(C)C)cc1COc1c(Br)cc(Br)cc1Br. The number of halogens is 3. The highest BCUT2D eigenvalue weighted by Crippen LogP contribution is 2.37. The minimum Gasteiger partial charge on any atom is -0.496 e. The lowest BCUT2D eigenvalue weighted by molar-refractivity contribution is 0.293. The molecule has 25 heavy (non-hydrogen) atoms. The van der Waals surface area contributed by atoms with Crippen LogP contribution < -0.4 is 9.47 Å². The summed E-state index contributed by atoms with van der Waals surface area (Å²) in [5, 5.41) is 0. The zero-order valence-corrected chi connectivity index (χ0v) is 19.4. The first-order valence-corrected chi connectivity index (χ1v) is 10.4. The van der Waals surface area contributed by atoms with Crippen molar-refractivity contribution in [2.24, 2.45) is 0 Å². The van der Waals surface area contributed by atoms with Crippen molar-refractivity contribution in [1.82, 2.24) is 4.90 Å². The van der Waals surface area contributed by atoms with Gasteiger partial charge in [-0.2, -0.15) is 0 Å². The van der Waals surface area contributed by atoms with Crippen LogP contribution in [0.5, 0.6) is 11.5 Å². The third-order valence-corrected chi connectivity index (χ3v) is 5.39. The molecule has 0 saturated heterocycles. The molecule has 0 bridgehead atoms. The zero-order chi connectivity index (χ0) is 18.4. The van der Waals surface area contributed by atoms with Gasteiger partial charge in [0.1, 0.15) is 18.1 Å². The Kier molecular flexibility index (Phi) is 8.26. The van der Waals surface area contributed by atoms with Gasteiger partial charge in [-0.25, -0.2) is 0 Å². The Bertz CT molecular complexity index is 697. The van der Waals surface area contributed by atoms with E-state index < -0.39 is 0 Å². The van der Waals surface area contributed by atoms with Gasteiger partial charge in [-0.1, -0.05) is 22.0 Å². The smallest absolute Gasteiger partial charge is 0.148 e. The lowest BCUT2D eigenvalue weighted by atomic mass is 10.1. The molecule has 0 heterocycles. The number of hydrogen-bond acceptors (Lipinski definition) is 3. The van der Waals surface area contributed by atoms with Crippen LogP contribution in [0.1, 0.15) is 17.5 Å². The summed E-state index contributed by atoms with van der Waals surface area (Å²) in [6.07, 6.45) is 2.17. The van der Waals surface area contributed by atoms with Crippen LogP contribution >= 0.6 is 47.8 Å². The van der Waals surface area contributed by atoms with Crippen LogP contribution in [0, 0.1) is 0 Å². The summed E-state index contributed by atoms with van der Waals surface area (Å²) >= 11 is 10.6. The summed E-state index contributed by atoms with van der Waals surface area (Å²) in [7, 11) is 5.89. The molecular weight excluding hydrogens is 514 g/mol. The monoisotopic (exact) mass is 533 g/mol. The Morgan fingerprint density at radius 3 is 2.28 bits per heavy atom. The largest absolute Gasteiger partial charge is 0.496 e. The van der Waals surface area contributed by atoms with Crippen molar-refractivity contribution in [2.75, 3.05) is 27.7 Å². The molecular formula is C19H22Br3NO2. The van der Waals surface area contributed by atoms with Crippen LogP contribution in [-0.2, 0) is 13.0 Å². The lowest BCUT2D eigenvalue weighted by Crippen LogP contribution is -2.13. The first-order valence-electron chi connectivity index (χ1n) is 7.98. The Morgan fingerprint density at radius 2 is 1.68 bits per heavy atom. The van der Waals surface area contributed by atoms with Crippen molar-refractivity contribution in [3.8, 4) is 11.5 Å². The van der Waals surface area contributed by atoms with E-state index in [2.05, 4.69) is 78.9 Å². The van der Waals surface area contributed by atoms with Crippen molar-refractivity contribution in [2.45, 2.75) is 19.4 Å². The lowest BCUT2D eigenvalue weighted by Gasteiger charge is -2.15. The van der Waals surface area contributed by atoms with Crippen molar-refractivity contribution in [3.63, 3.8) is 0 Å². The average molecular weight is 536 g/mol. The van der Waals surface area contributed by atoms with Gasteiger partial charge in [0, 0.05) is 10.0 Å². The number of nitrogens with zero attached hydrogens (tertiary/aromatic N) is 1. The number of rotatable bonds is 8. The molecule has 0 fully saturated rings. The highest BCUT2D eigenvalue weighted by atomic mass is 79.9. The molecule has 0 aliphatic rings. The third kappa shape index (κ3) is 6.27. The maximum absolute atomic E-state index is 6.05. The predicted octanol–water partition coefficient (Wildman–Crippen LogP) is 6.06. The normalized spacial score (nSPS) is 11.0. The summed E-state index contributed by atoms with van der Waals surface area (Å²) in [5.74, 6) is 1.63. The number of benzene rings is 2. The summed E-state index contributed by atoms with van der Waals surface area (Å²) in [5.41, 5.74) is 2.35. The molecule has 3 nitrogen and oxygen atoms in total. The average Bonchev–Trinajstić information content (AvgIpc) is 2.53. The van der Waals surface area contributed by atoms with E-state index in [0.29, 0.717) is 6.61 Å². The second-order valence-electron chi connectivity index (χ2n) is 6.04. The van der Waals surface area contributed by atoms with Gasteiger partial charge in [0.25, 0.3) is 0 Å². The molecule has 6 heteroatoms. The summed E-state index contributed by atoms with van der Waals surface area (Å²) < 4.78 is 14.3. The quantitative estimate of drug-likeness (QED) is 0.410. The van der Waals surface area contributed by atoms with Crippen molar-refractivity contribution >= 4 is 47.8 Å². The maximum Gasteiger partial charge on any atom is 0.148 e. The third-order valence-electron chi connectivity index (χ3n) is 3.75. The van der Waals surface area contributed by atoms with E-state index in [1.165, 1.54) is 5.56 Å². The van der Waals surface area contributed by atoms with Gasteiger partial charge in [0.2, 0.25) is 0 Å². The molecule has 0 aromatic heterocycles. The second-order valence-corrected chi connectivity index (χ2v) is 8.66. The number of hydrogen-bond donors (Lipinski definition) is 0. The van der Waals surface area contributed by atoms with Gasteiger partial charge in [0.15, 0.2) is 0 Å². The maximum atomic E-state index is 6.05. The molecule has 0 atom stereocenters. The fourth-order valence-corrected chi connectivity index (χ4v) is 5.00. The van der Waals surface area contributed by atoms with Gasteiger partial charge in [0.05, 0.1) is 16.1 Å². The van der Waals surface area contributed by atoms with E-state index in [4.69, 9.17) is 9.47 Å². The van der Waals surface area contributed by atoms with Crippen molar-refractivity contribution in [1.29, 1.82) is 0 Å². The Hall–Kier alpha value is -0.560. The number of aryl methyl sites for hydroxylation is 1. The molecule has 2 aromatic rings. The first-order chi connectivity index (χ1) is 11.9. The van der Waals surface area contributed by atoms with Gasteiger partial charge in [-0.15, -0.1) is 0 Å². The van der Waals surface area contributed by atoms with Crippen molar-refractivity contribution < 1.29 is 9.47 Å². The van der Waals surface area contributed by atoms with Crippen LogP contribution in [0.25, 0.3) is 0 Å². The Balaban J connectivity index is 2.12. The molecule has 0 aliphatic carbocycles. The summed E-state index contributed by atoms with van der Waals surface area (Å²) in [6, 6.07) is 10.3. The highest BCUT2D eigenvalue weighted by molar-refractivity contribution is 9.11. The number of methoxy groups -OCH3 is 1. The van der Waals surface area contributed by atoms with E-state index >= 15 is 0 Å². The minimum atomic E-state index is 0.448. The molecule has 136 valence electrons. The van der Waals surface area contributed by atoms with Gasteiger partial charge >= 0.3 is 0 Å². The van der Waals surface area contributed by atoms with Gasteiger partial charge < -0.3 is 14.4 Å². The Morgan fingerprint density at radius 1 is 1.00 bits per heavy atom. The highest BCUT2D eigenvalue weighted by Gasteiger charge is 2.11.